The minimum atomic E-state index is 0.382. The Balaban J connectivity index is 1.64. The van der Waals surface area contributed by atoms with E-state index in [4.69, 9.17) is 0 Å². The van der Waals surface area contributed by atoms with Crippen LogP contribution in [0.3, 0.4) is 0 Å². The van der Waals surface area contributed by atoms with Gasteiger partial charge >= 0.3 is 0 Å². The minimum Gasteiger partial charge on any atom is -0.295 e. The van der Waals surface area contributed by atoms with E-state index in [0.717, 1.165) is 30.6 Å². The average Bonchev–Trinajstić information content (AvgIpc) is 2.39. The third-order valence-corrected chi connectivity index (χ3v) is 5.32. The van der Waals surface area contributed by atoms with Crippen LogP contribution in [0.2, 0.25) is 0 Å². The lowest BCUT2D eigenvalue weighted by Gasteiger charge is -2.39. The molecule has 0 saturated heterocycles. The monoisotopic (exact) mass is 232 g/mol. The number of ketones is 1. The summed E-state index contributed by atoms with van der Waals surface area (Å²) in [6.45, 7) is 0. The van der Waals surface area contributed by atoms with Crippen LogP contribution in [0.5, 0.6) is 0 Å². The molecule has 0 heterocycles. The molecule has 0 aromatic carbocycles. The first-order valence-electron chi connectivity index (χ1n) is 7.56. The second kappa shape index (κ2) is 4.96. The highest BCUT2D eigenvalue weighted by molar-refractivity contribution is 5.91. The Morgan fingerprint density at radius 2 is 1.71 bits per heavy atom. The van der Waals surface area contributed by atoms with E-state index in [1.165, 1.54) is 56.9 Å². The Hall–Kier alpha value is -0.590. The summed E-state index contributed by atoms with van der Waals surface area (Å²) in [5, 5.41) is 0. The summed E-state index contributed by atoms with van der Waals surface area (Å²) in [6.07, 6.45) is 15.3. The summed E-state index contributed by atoms with van der Waals surface area (Å²) < 4.78 is 0. The van der Waals surface area contributed by atoms with Crippen molar-refractivity contribution in [2.24, 2.45) is 17.8 Å². The summed E-state index contributed by atoms with van der Waals surface area (Å²) in [5.41, 5.74) is 1.49. The molecule has 1 nitrogen and oxygen atoms in total. The molecule has 3 aliphatic carbocycles. The Kier molecular flexibility index (Phi) is 3.35. The van der Waals surface area contributed by atoms with Gasteiger partial charge < -0.3 is 0 Å². The molecular weight excluding hydrogens is 208 g/mol. The molecule has 3 aliphatic rings. The van der Waals surface area contributed by atoms with Gasteiger partial charge in [0.15, 0.2) is 5.78 Å². The summed E-state index contributed by atoms with van der Waals surface area (Å²) in [6, 6.07) is 0. The van der Waals surface area contributed by atoms with E-state index in [1.807, 2.05) is 6.08 Å². The summed E-state index contributed by atoms with van der Waals surface area (Å²) in [4.78, 5) is 11.4. The van der Waals surface area contributed by atoms with Gasteiger partial charge in [-0.25, -0.2) is 0 Å². The first-order valence-corrected chi connectivity index (χ1v) is 7.56. The first kappa shape index (κ1) is 11.5. The molecule has 0 spiro atoms. The van der Waals surface area contributed by atoms with Gasteiger partial charge in [-0.15, -0.1) is 0 Å². The Morgan fingerprint density at radius 3 is 2.53 bits per heavy atom. The maximum atomic E-state index is 11.4. The normalized spacial score (nSPS) is 35.3. The lowest BCUT2D eigenvalue weighted by Crippen LogP contribution is -2.28. The van der Waals surface area contributed by atoms with E-state index < -0.39 is 0 Å². The van der Waals surface area contributed by atoms with E-state index in [9.17, 15) is 4.79 Å². The summed E-state index contributed by atoms with van der Waals surface area (Å²) in [7, 11) is 0. The zero-order valence-corrected chi connectivity index (χ0v) is 10.8. The fraction of sp³-hybridized carbons (Fsp3) is 0.812. The predicted octanol–water partition coefficient (Wildman–Crippen LogP) is 4.27. The number of carbonyl (C=O) groups is 1. The van der Waals surface area contributed by atoms with Gasteiger partial charge in [0.1, 0.15) is 0 Å². The number of hydrogen-bond acceptors (Lipinski definition) is 1. The molecule has 17 heavy (non-hydrogen) atoms. The molecule has 0 bridgehead atoms. The van der Waals surface area contributed by atoms with Crippen LogP contribution in [0.4, 0.5) is 0 Å². The topological polar surface area (TPSA) is 17.1 Å². The Bertz CT molecular complexity index is 322. The first-order chi connectivity index (χ1) is 8.33. The molecule has 0 radical (unpaired) electrons. The van der Waals surface area contributed by atoms with Crippen LogP contribution in [0.1, 0.15) is 64.2 Å². The van der Waals surface area contributed by atoms with E-state index in [0.29, 0.717) is 5.78 Å². The van der Waals surface area contributed by atoms with Gasteiger partial charge in [0.05, 0.1) is 0 Å². The second-order valence-electron chi connectivity index (χ2n) is 6.35. The van der Waals surface area contributed by atoms with Crippen molar-refractivity contribution in [3.63, 3.8) is 0 Å². The fourth-order valence-electron chi connectivity index (χ4n) is 4.31. The average molecular weight is 232 g/mol. The Morgan fingerprint density at radius 1 is 0.882 bits per heavy atom. The van der Waals surface area contributed by atoms with Crippen LogP contribution in [-0.4, -0.2) is 5.78 Å². The number of fused-ring (bicyclic) bond motifs is 1. The van der Waals surface area contributed by atoms with Crippen molar-refractivity contribution >= 4 is 5.78 Å². The van der Waals surface area contributed by atoms with Crippen molar-refractivity contribution in [2.75, 3.05) is 0 Å². The van der Waals surface area contributed by atoms with Gasteiger partial charge in [0.25, 0.3) is 0 Å². The van der Waals surface area contributed by atoms with Crippen molar-refractivity contribution in [1.82, 2.24) is 0 Å². The standard InChI is InChI=1S/C16H24O/c17-16-9-8-14-10-13(6-7-15(14)11-16)12-4-2-1-3-5-12/h11-14H,1-10H2. The van der Waals surface area contributed by atoms with Crippen molar-refractivity contribution < 1.29 is 4.79 Å². The second-order valence-corrected chi connectivity index (χ2v) is 6.35. The van der Waals surface area contributed by atoms with Crippen LogP contribution in [0, 0.1) is 17.8 Å². The highest BCUT2D eigenvalue weighted by atomic mass is 16.1. The fourth-order valence-corrected chi connectivity index (χ4v) is 4.31. The molecule has 2 unspecified atom stereocenters. The number of allylic oxidation sites excluding steroid dienone is 2. The van der Waals surface area contributed by atoms with Crippen LogP contribution < -0.4 is 0 Å². The summed E-state index contributed by atoms with van der Waals surface area (Å²) >= 11 is 0. The van der Waals surface area contributed by atoms with E-state index in [1.54, 1.807) is 0 Å². The molecule has 0 N–H and O–H groups in total. The Labute approximate surface area is 105 Å². The highest BCUT2D eigenvalue weighted by Crippen LogP contribution is 2.44. The van der Waals surface area contributed by atoms with Gasteiger partial charge in [0.2, 0.25) is 0 Å². The molecule has 0 aromatic rings. The predicted molar refractivity (Wildman–Crippen MR) is 69.7 cm³/mol. The molecule has 0 aromatic heterocycles. The maximum absolute atomic E-state index is 11.4. The van der Waals surface area contributed by atoms with Crippen LogP contribution in [0.15, 0.2) is 11.6 Å². The van der Waals surface area contributed by atoms with Crippen molar-refractivity contribution in [3.05, 3.63) is 11.6 Å². The molecule has 2 fully saturated rings. The highest BCUT2D eigenvalue weighted by Gasteiger charge is 2.33. The maximum Gasteiger partial charge on any atom is 0.155 e. The lowest BCUT2D eigenvalue weighted by molar-refractivity contribution is -0.115. The third kappa shape index (κ3) is 2.48. The smallest absolute Gasteiger partial charge is 0.155 e. The van der Waals surface area contributed by atoms with Gasteiger partial charge in [-0.1, -0.05) is 37.7 Å². The lowest BCUT2D eigenvalue weighted by atomic mass is 9.66. The van der Waals surface area contributed by atoms with Gasteiger partial charge in [-0.05, 0) is 49.5 Å². The molecule has 3 rings (SSSR count). The minimum absolute atomic E-state index is 0.382. The van der Waals surface area contributed by atoms with Crippen LogP contribution >= 0.6 is 0 Å². The SMILES string of the molecule is O=C1C=C2CCC(C3CCCCC3)CC2CC1. The largest absolute Gasteiger partial charge is 0.295 e. The molecule has 0 aliphatic heterocycles. The number of hydrogen-bond donors (Lipinski definition) is 0. The molecular formula is C16H24O. The van der Waals surface area contributed by atoms with Gasteiger partial charge in [0, 0.05) is 6.42 Å². The number of rotatable bonds is 1. The molecule has 94 valence electrons. The zero-order valence-electron chi connectivity index (χ0n) is 10.8. The molecule has 1 heteroatoms. The summed E-state index contributed by atoms with van der Waals surface area (Å²) in [5.74, 6) is 3.15. The van der Waals surface area contributed by atoms with Crippen molar-refractivity contribution in [2.45, 2.75) is 64.2 Å². The van der Waals surface area contributed by atoms with E-state index in [-0.39, 0.29) is 0 Å². The molecule has 0 amide bonds. The van der Waals surface area contributed by atoms with Crippen LogP contribution in [-0.2, 0) is 4.79 Å². The quantitative estimate of drug-likeness (QED) is 0.659. The van der Waals surface area contributed by atoms with Crippen molar-refractivity contribution in [1.29, 1.82) is 0 Å². The van der Waals surface area contributed by atoms with Gasteiger partial charge in [-0.2, -0.15) is 0 Å². The van der Waals surface area contributed by atoms with Gasteiger partial charge in [-0.3, -0.25) is 4.79 Å². The third-order valence-electron chi connectivity index (χ3n) is 5.32. The number of carbonyl (C=O) groups excluding carboxylic acids is 1. The van der Waals surface area contributed by atoms with E-state index >= 15 is 0 Å². The van der Waals surface area contributed by atoms with E-state index in [2.05, 4.69) is 0 Å². The van der Waals surface area contributed by atoms with Crippen molar-refractivity contribution in [3.8, 4) is 0 Å². The zero-order chi connectivity index (χ0) is 11.7. The van der Waals surface area contributed by atoms with Crippen LogP contribution in [0.25, 0.3) is 0 Å². The molecule has 2 atom stereocenters. The molecule has 2 saturated carbocycles.